The van der Waals surface area contributed by atoms with Gasteiger partial charge in [0.25, 0.3) is 0 Å². The van der Waals surface area contributed by atoms with Crippen LogP contribution < -0.4 is 0 Å². The van der Waals surface area contributed by atoms with Gasteiger partial charge in [0.2, 0.25) is 0 Å². The minimum atomic E-state index is -0.0225. The van der Waals surface area contributed by atoms with E-state index in [4.69, 9.17) is 0 Å². The first-order valence-electron chi connectivity index (χ1n) is 5.36. The maximum absolute atomic E-state index is 2.49. The minimum Gasteiger partial charge on any atom is -0.273 e. The van der Waals surface area contributed by atoms with E-state index in [0.717, 1.165) is 0 Å². The van der Waals surface area contributed by atoms with Gasteiger partial charge in [-0.1, -0.05) is 27.2 Å². The lowest BCUT2D eigenvalue weighted by molar-refractivity contribution is 0.488. The summed E-state index contributed by atoms with van der Waals surface area (Å²) in [5, 5.41) is 0. The minimum absolute atomic E-state index is 0.0225. The zero-order chi connectivity index (χ0) is 10.3. The molecule has 0 radical (unpaired) electrons. The topological polar surface area (TPSA) is 6.48 Å². The maximum atomic E-state index is 2.49. The molecular weight excluding hydrogens is 179 g/mol. The molecule has 0 amide bonds. The lowest BCUT2D eigenvalue weighted by atomic mass is 10.4. The molecule has 0 aliphatic heterocycles. The third-order valence-electron chi connectivity index (χ3n) is 2.42. The molecule has 0 N–H and O–H groups in total. The molecule has 0 unspecified atom stereocenters. The summed E-state index contributed by atoms with van der Waals surface area (Å²) in [7, 11) is 4.46. The summed E-state index contributed by atoms with van der Waals surface area (Å²) in [5.74, 6) is 0. The summed E-state index contributed by atoms with van der Waals surface area (Å²) in [6.07, 6.45) is 4.04. The van der Waals surface area contributed by atoms with E-state index in [2.05, 4.69) is 44.2 Å². The summed E-state index contributed by atoms with van der Waals surface area (Å²) in [5.41, 5.74) is 0. The van der Waals surface area contributed by atoms with Gasteiger partial charge in [0.1, 0.15) is 0 Å². The van der Waals surface area contributed by atoms with Crippen LogP contribution in [0.1, 0.15) is 33.6 Å². The molecule has 0 aliphatic rings. The van der Waals surface area contributed by atoms with Crippen LogP contribution >= 0.6 is 8.22 Å². The van der Waals surface area contributed by atoms with E-state index in [1.54, 1.807) is 0 Å². The smallest absolute Gasteiger partial charge is 0.0389 e. The fourth-order valence-electron chi connectivity index (χ4n) is 1.23. The highest BCUT2D eigenvalue weighted by atomic mass is 31.1. The molecule has 0 aromatic carbocycles. The Balaban J connectivity index is 4.01. The molecule has 0 aromatic heterocycles. The van der Waals surface area contributed by atoms with Crippen LogP contribution in [0.15, 0.2) is 0 Å². The van der Waals surface area contributed by atoms with Crippen molar-refractivity contribution in [2.75, 3.05) is 33.3 Å². The van der Waals surface area contributed by atoms with E-state index in [9.17, 15) is 0 Å². The molecule has 0 spiro atoms. The van der Waals surface area contributed by atoms with Gasteiger partial charge < -0.3 is 0 Å². The van der Waals surface area contributed by atoms with Crippen LogP contribution in [0, 0.1) is 0 Å². The van der Waals surface area contributed by atoms with Gasteiger partial charge >= 0.3 is 0 Å². The van der Waals surface area contributed by atoms with Gasteiger partial charge in [-0.15, -0.1) is 0 Å². The second kappa shape index (κ2) is 7.73. The number of unbranched alkanes of at least 4 members (excludes halogenated alkanes) is 1. The highest BCUT2D eigenvalue weighted by molar-refractivity contribution is 7.52. The Bertz CT molecular complexity index is 109. The highest BCUT2D eigenvalue weighted by Crippen LogP contribution is 2.42. The normalized spacial score (nSPS) is 12.0. The van der Waals surface area contributed by atoms with Gasteiger partial charge in [-0.25, -0.2) is 0 Å². The van der Waals surface area contributed by atoms with E-state index in [1.165, 1.54) is 32.1 Å². The third kappa shape index (κ3) is 4.95. The molecule has 3 heteroatoms. The molecule has 80 valence electrons. The van der Waals surface area contributed by atoms with Crippen LogP contribution in [0.3, 0.4) is 0 Å². The molecule has 2 nitrogen and oxygen atoms in total. The van der Waals surface area contributed by atoms with Crippen LogP contribution in [0.4, 0.5) is 0 Å². The van der Waals surface area contributed by atoms with Crippen molar-refractivity contribution in [1.82, 2.24) is 9.34 Å². The van der Waals surface area contributed by atoms with Crippen molar-refractivity contribution in [1.29, 1.82) is 0 Å². The monoisotopic (exact) mass is 204 g/mol. The van der Waals surface area contributed by atoms with Crippen molar-refractivity contribution in [3.8, 4) is 0 Å². The van der Waals surface area contributed by atoms with Crippen LogP contribution in [0.5, 0.6) is 0 Å². The Morgan fingerprint density at radius 3 is 1.69 bits per heavy atom. The fourth-order valence-corrected chi connectivity index (χ4v) is 3.68. The molecule has 0 atom stereocenters. The van der Waals surface area contributed by atoms with E-state index in [-0.39, 0.29) is 8.22 Å². The summed E-state index contributed by atoms with van der Waals surface area (Å²) in [6, 6.07) is 0. The third-order valence-corrected chi connectivity index (χ3v) is 5.27. The zero-order valence-electron chi connectivity index (χ0n) is 9.88. The molecule has 0 heterocycles. The van der Waals surface area contributed by atoms with Gasteiger partial charge in [-0.05, 0) is 26.7 Å². The lowest BCUT2D eigenvalue weighted by Gasteiger charge is -2.34. The summed E-state index contributed by atoms with van der Waals surface area (Å²) >= 11 is 0. The van der Waals surface area contributed by atoms with Gasteiger partial charge in [0.15, 0.2) is 0 Å². The molecule has 0 saturated heterocycles. The van der Waals surface area contributed by atoms with Crippen molar-refractivity contribution in [2.45, 2.75) is 33.6 Å². The van der Waals surface area contributed by atoms with Gasteiger partial charge in [0, 0.05) is 21.3 Å². The average molecular weight is 204 g/mol. The standard InChI is InChI=1S/C10H25N2P/c1-6-9-10-13(11(4)7-2)12(5)8-3/h6-10H2,1-5H3. The zero-order valence-corrected chi connectivity index (χ0v) is 10.8. The van der Waals surface area contributed by atoms with Crippen molar-refractivity contribution in [2.24, 2.45) is 0 Å². The number of hydrogen-bond acceptors (Lipinski definition) is 2. The quantitative estimate of drug-likeness (QED) is 0.588. The Hall–Kier alpha value is 0.350. The van der Waals surface area contributed by atoms with Gasteiger partial charge in [-0.3, -0.25) is 9.34 Å². The molecule has 0 aliphatic carbocycles. The van der Waals surface area contributed by atoms with Crippen molar-refractivity contribution < 1.29 is 0 Å². The Labute approximate surface area is 85.2 Å². The van der Waals surface area contributed by atoms with E-state index in [0.29, 0.717) is 0 Å². The van der Waals surface area contributed by atoms with Crippen molar-refractivity contribution >= 4 is 8.22 Å². The highest BCUT2D eigenvalue weighted by Gasteiger charge is 2.16. The molecule has 13 heavy (non-hydrogen) atoms. The van der Waals surface area contributed by atoms with Crippen LogP contribution in [0.2, 0.25) is 0 Å². The van der Waals surface area contributed by atoms with Crippen molar-refractivity contribution in [3.05, 3.63) is 0 Å². The molecular formula is C10H25N2P. The van der Waals surface area contributed by atoms with Crippen LogP contribution in [-0.4, -0.2) is 42.7 Å². The maximum Gasteiger partial charge on any atom is 0.0389 e. The average Bonchev–Trinajstić information content (AvgIpc) is 2.17. The number of rotatable bonds is 7. The SMILES string of the molecule is CCCCP(N(C)CC)N(C)CC. The van der Waals surface area contributed by atoms with Gasteiger partial charge in [-0.2, -0.15) is 0 Å². The van der Waals surface area contributed by atoms with E-state index in [1.807, 2.05) is 0 Å². The summed E-state index contributed by atoms with van der Waals surface area (Å²) in [4.78, 5) is 0. The second-order valence-corrected chi connectivity index (χ2v) is 5.95. The summed E-state index contributed by atoms with van der Waals surface area (Å²) < 4.78 is 4.99. The molecule has 0 aromatic rings. The van der Waals surface area contributed by atoms with Gasteiger partial charge in [0.05, 0.1) is 0 Å². The first kappa shape index (κ1) is 13.4. The Morgan fingerprint density at radius 1 is 0.923 bits per heavy atom. The predicted octanol–water partition coefficient (Wildman–Crippen LogP) is 3.00. The van der Waals surface area contributed by atoms with Crippen LogP contribution in [0.25, 0.3) is 0 Å². The molecule has 0 saturated carbocycles. The van der Waals surface area contributed by atoms with Crippen molar-refractivity contribution in [3.63, 3.8) is 0 Å². The summed E-state index contributed by atoms with van der Waals surface area (Å²) in [6.45, 7) is 9.08. The first-order chi connectivity index (χ1) is 6.17. The second-order valence-electron chi connectivity index (χ2n) is 3.40. The number of nitrogens with zero attached hydrogens (tertiary/aromatic N) is 2. The molecule has 0 bridgehead atoms. The lowest BCUT2D eigenvalue weighted by Crippen LogP contribution is -2.24. The Kier molecular flexibility index (Phi) is 7.93. The van der Waals surface area contributed by atoms with E-state index >= 15 is 0 Å². The Morgan fingerprint density at radius 2 is 1.38 bits per heavy atom. The largest absolute Gasteiger partial charge is 0.273 e. The number of hydrogen-bond donors (Lipinski definition) is 0. The predicted molar refractivity (Wildman–Crippen MR) is 63.3 cm³/mol. The molecule has 0 fully saturated rings. The first-order valence-corrected chi connectivity index (χ1v) is 6.80. The molecule has 0 rings (SSSR count). The van der Waals surface area contributed by atoms with E-state index < -0.39 is 0 Å². The van der Waals surface area contributed by atoms with Crippen LogP contribution in [-0.2, 0) is 0 Å². The fraction of sp³-hybridized carbons (Fsp3) is 1.00.